The lowest BCUT2D eigenvalue weighted by Crippen LogP contribution is -1.84. The van der Waals surface area contributed by atoms with Crippen LogP contribution < -0.4 is 0 Å². The highest BCUT2D eigenvalue weighted by Crippen LogP contribution is 2.28. The van der Waals surface area contributed by atoms with E-state index in [4.69, 9.17) is 0 Å². The van der Waals surface area contributed by atoms with Gasteiger partial charge in [-0.25, -0.2) is 4.39 Å². The molecule has 17 heavy (non-hydrogen) atoms. The first-order valence-electron chi connectivity index (χ1n) is 5.42. The number of halogens is 1. The van der Waals surface area contributed by atoms with Crippen molar-refractivity contribution in [2.45, 2.75) is 6.42 Å². The lowest BCUT2D eigenvalue weighted by molar-refractivity contribution is -0.107. The molecule has 0 saturated heterocycles. The van der Waals surface area contributed by atoms with E-state index in [9.17, 15) is 9.18 Å². The Morgan fingerprint density at radius 2 is 2.06 bits per heavy atom. The number of carbonyl (C=O) groups is 1. The number of hydrogen-bond acceptors (Lipinski definition) is 1. The molecule has 0 spiro atoms. The summed E-state index contributed by atoms with van der Waals surface area (Å²) in [7, 11) is 0. The smallest absolute Gasteiger partial charge is 0.133 e. The minimum absolute atomic E-state index is 0.239. The maximum atomic E-state index is 13.8. The van der Waals surface area contributed by atoms with Crippen molar-refractivity contribution in [3.05, 3.63) is 47.8 Å². The van der Waals surface area contributed by atoms with Gasteiger partial charge in [0.1, 0.15) is 12.1 Å². The van der Waals surface area contributed by atoms with Crippen molar-refractivity contribution in [3.8, 4) is 0 Å². The molecule has 1 aromatic heterocycles. The van der Waals surface area contributed by atoms with E-state index < -0.39 is 0 Å². The zero-order valence-electron chi connectivity index (χ0n) is 9.03. The first kappa shape index (κ1) is 10.0. The van der Waals surface area contributed by atoms with Crippen LogP contribution in [0.2, 0.25) is 0 Å². The summed E-state index contributed by atoms with van der Waals surface area (Å²) >= 11 is 0. The number of hydrogen-bond donors (Lipinski definition) is 1. The molecule has 0 fully saturated rings. The summed E-state index contributed by atoms with van der Waals surface area (Å²) in [5.74, 6) is -0.239. The highest BCUT2D eigenvalue weighted by molar-refractivity contribution is 6.07. The van der Waals surface area contributed by atoms with Gasteiger partial charge in [-0.15, -0.1) is 0 Å². The Labute approximate surface area is 97.1 Å². The Kier molecular flexibility index (Phi) is 2.18. The Bertz CT molecular complexity index is 715. The molecule has 0 unspecified atom stereocenters. The van der Waals surface area contributed by atoms with Gasteiger partial charge in [-0.1, -0.05) is 12.1 Å². The van der Waals surface area contributed by atoms with Gasteiger partial charge in [0, 0.05) is 28.2 Å². The summed E-state index contributed by atoms with van der Waals surface area (Å²) in [6.07, 6.45) is 1.21. The molecule has 0 atom stereocenters. The van der Waals surface area contributed by atoms with Crippen LogP contribution in [0.4, 0.5) is 4.39 Å². The third-order valence-electron chi connectivity index (χ3n) is 2.96. The van der Waals surface area contributed by atoms with Crippen molar-refractivity contribution in [2.75, 3.05) is 0 Å². The monoisotopic (exact) mass is 227 g/mol. The molecule has 3 aromatic rings. The van der Waals surface area contributed by atoms with Gasteiger partial charge < -0.3 is 9.78 Å². The molecular formula is C14H10FNO. The summed E-state index contributed by atoms with van der Waals surface area (Å²) in [5, 5.41) is 1.42. The van der Waals surface area contributed by atoms with Crippen molar-refractivity contribution < 1.29 is 9.18 Å². The van der Waals surface area contributed by atoms with E-state index >= 15 is 0 Å². The molecule has 0 amide bonds. The molecule has 0 aliphatic heterocycles. The number of rotatable bonds is 2. The third kappa shape index (κ3) is 1.51. The summed E-state index contributed by atoms with van der Waals surface area (Å²) < 4.78 is 13.8. The Morgan fingerprint density at radius 3 is 2.88 bits per heavy atom. The maximum Gasteiger partial charge on any atom is 0.133 e. The Hall–Kier alpha value is -2.16. The summed E-state index contributed by atoms with van der Waals surface area (Å²) in [4.78, 5) is 13.7. The SMILES string of the molecule is O=CCc1ccc2[nH]c3cccc(F)c3c2c1. The summed E-state index contributed by atoms with van der Waals surface area (Å²) in [5.41, 5.74) is 2.57. The van der Waals surface area contributed by atoms with Gasteiger partial charge in [0.25, 0.3) is 0 Å². The Balaban J connectivity index is 2.40. The number of fused-ring (bicyclic) bond motifs is 3. The van der Waals surface area contributed by atoms with Crippen LogP contribution in [-0.4, -0.2) is 11.3 Å². The highest BCUT2D eigenvalue weighted by atomic mass is 19.1. The van der Waals surface area contributed by atoms with E-state index in [0.29, 0.717) is 11.8 Å². The highest BCUT2D eigenvalue weighted by Gasteiger charge is 2.08. The minimum atomic E-state index is -0.239. The summed E-state index contributed by atoms with van der Waals surface area (Å²) in [6.45, 7) is 0. The quantitative estimate of drug-likeness (QED) is 0.670. The molecule has 3 rings (SSSR count). The van der Waals surface area contributed by atoms with E-state index in [1.54, 1.807) is 6.07 Å². The van der Waals surface area contributed by atoms with Gasteiger partial charge in [0.05, 0.1) is 0 Å². The van der Waals surface area contributed by atoms with Gasteiger partial charge in [-0.2, -0.15) is 0 Å². The van der Waals surface area contributed by atoms with E-state index in [-0.39, 0.29) is 5.82 Å². The number of aromatic amines is 1. The van der Waals surface area contributed by atoms with Gasteiger partial charge in [-0.3, -0.25) is 0 Å². The van der Waals surface area contributed by atoms with Crippen LogP contribution in [0.25, 0.3) is 21.8 Å². The van der Waals surface area contributed by atoms with Crippen molar-refractivity contribution in [1.29, 1.82) is 0 Å². The topological polar surface area (TPSA) is 32.9 Å². The lowest BCUT2D eigenvalue weighted by Gasteiger charge is -1.96. The van der Waals surface area contributed by atoms with Gasteiger partial charge in [0.2, 0.25) is 0 Å². The second-order valence-electron chi connectivity index (χ2n) is 4.04. The van der Waals surface area contributed by atoms with Crippen molar-refractivity contribution >= 4 is 28.1 Å². The van der Waals surface area contributed by atoms with Crippen molar-refractivity contribution in [1.82, 2.24) is 4.98 Å². The second-order valence-corrected chi connectivity index (χ2v) is 4.04. The van der Waals surface area contributed by atoms with Crippen molar-refractivity contribution in [3.63, 3.8) is 0 Å². The molecule has 3 heteroatoms. The standard InChI is InChI=1S/C14H10FNO/c15-11-2-1-3-13-14(11)10-8-9(6-7-17)4-5-12(10)16-13/h1-5,7-8,16H,6H2. The first-order chi connectivity index (χ1) is 8.29. The molecule has 0 saturated carbocycles. The maximum absolute atomic E-state index is 13.8. The zero-order valence-corrected chi connectivity index (χ0v) is 9.03. The minimum Gasteiger partial charge on any atom is -0.354 e. The molecule has 0 aliphatic carbocycles. The predicted octanol–water partition coefficient (Wildman–Crippen LogP) is 3.20. The Morgan fingerprint density at radius 1 is 1.18 bits per heavy atom. The summed E-state index contributed by atoms with van der Waals surface area (Å²) in [6, 6.07) is 10.6. The molecule has 0 aliphatic rings. The van der Waals surface area contributed by atoms with Crippen LogP contribution in [0.1, 0.15) is 5.56 Å². The molecule has 1 heterocycles. The van der Waals surface area contributed by atoms with E-state index in [1.165, 1.54) is 6.07 Å². The molecule has 1 N–H and O–H groups in total. The van der Waals surface area contributed by atoms with Gasteiger partial charge in [-0.05, 0) is 29.8 Å². The van der Waals surface area contributed by atoms with Crippen LogP contribution in [0.3, 0.4) is 0 Å². The van der Waals surface area contributed by atoms with Crippen LogP contribution >= 0.6 is 0 Å². The number of nitrogens with one attached hydrogen (secondary N) is 1. The van der Waals surface area contributed by atoms with Gasteiger partial charge >= 0.3 is 0 Å². The number of benzene rings is 2. The second kappa shape index (κ2) is 3.70. The van der Waals surface area contributed by atoms with E-state index in [0.717, 1.165) is 28.3 Å². The first-order valence-corrected chi connectivity index (χ1v) is 5.42. The molecule has 0 radical (unpaired) electrons. The number of aromatic nitrogens is 1. The average molecular weight is 227 g/mol. The molecule has 2 aromatic carbocycles. The van der Waals surface area contributed by atoms with Gasteiger partial charge in [0.15, 0.2) is 0 Å². The van der Waals surface area contributed by atoms with E-state index in [2.05, 4.69) is 4.98 Å². The normalized spacial score (nSPS) is 11.1. The molecule has 84 valence electrons. The van der Waals surface area contributed by atoms with Crippen LogP contribution in [0, 0.1) is 5.82 Å². The zero-order chi connectivity index (χ0) is 11.8. The number of H-pyrrole nitrogens is 1. The lowest BCUT2D eigenvalue weighted by atomic mass is 10.1. The third-order valence-corrected chi connectivity index (χ3v) is 2.96. The van der Waals surface area contributed by atoms with Crippen LogP contribution in [0.15, 0.2) is 36.4 Å². The fourth-order valence-corrected chi connectivity index (χ4v) is 2.18. The largest absolute Gasteiger partial charge is 0.354 e. The van der Waals surface area contributed by atoms with Crippen LogP contribution in [-0.2, 0) is 11.2 Å². The fraction of sp³-hybridized carbons (Fsp3) is 0.0714. The molecule has 0 bridgehead atoms. The predicted molar refractivity (Wildman–Crippen MR) is 65.5 cm³/mol. The fourth-order valence-electron chi connectivity index (χ4n) is 2.18. The number of carbonyl (C=O) groups excluding carboxylic acids is 1. The molecular weight excluding hydrogens is 217 g/mol. The van der Waals surface area contributed by atoms with Crippen molar-refractivity contribution in [2.24, 2.45) is 0 Å². The number of aldehydes is 1. The average Bonchev–Trinajstić information content (AvgIpc) is 2.68. The molecule has 2 nitrogen and oxygen atoms in total. The van der Waals surface area contributed by atoms with E-state index in [1.807, 2.05) is 24.3 Å². The van der Waals surface area contributed by atoms with Crippen LogP contribution in [0.5, 0.6) is 0 Å².